The van der Waals surface area contributed by atoms with Crippen molar-refractivity contribution in [3.05, 3.63) is 23.4 Å². The number of unbranched alkanes of at least 4 members (excludes halogenated alkanes) is 1. The number of aliphatic carboxylic acids is 1. The number of anilines is 1. The Labute approximate surface area is 211 Å². The van der Waals surface area contributed by atoms with E-state index in [1.807, 2.05) is 27.7 Å². The molecule has 35 heavy (non-hydrogen) atoms. The molecule has 0 saturated heterocycles. The first kappa shape index (κ1) is 29.0. The molecule has 0 aliphatic carbocycles. The van der Waals surface area contributed by atoms with Gasteiger partial charge in [0.2, 0.25) is 5.91 Å². The molecule has 3 N–H and O–H groups in total. The van der Waals surface area contributed by atoms with Crippen molar-refractivity contribution in [3.63, 3.8) is 0 Å². The van der Waals surface area contributed by atoms with Gasteiger partial charge in [-0.1, -0.05) is 26.8 Å². The number of carboxylic acid groups (broad SMARTS) is 1. The predicted octanol–water partition coefficient (Wildman–Crippen LogP) is 3.89. The lowest BCUT2D eigenvalue weighted by Crippen LogP contribution is -2.46. The van der Waals surface area contributed by atoms with Gasteiger partial charge in [0.05, 0.1) is 6.61 Å². The van der Waals surface area contributed by atoms with E-state index in [-0.39, 0.29) is 17.4 Å². The van der Waals surface area contributed by atoms with Gasteiger partial charge < -0.3 is 20.5 Å². The molecule has 0 radical (unpaired) electrons. The van der Waals surface area contributed by atoms with Crippen molar-refractivity contribution in [1.82, 2.24) is 15.2 Å². The summed E-state index contributed by atoms with van der Waals surface area (Å²) in [6, 6.07) is 3.61. The van der Waals surface area contributed by atoms with Crippen LogP contribution in [-0.2, 0) is 27.2 Å². The Morgan fingerprint density at radius 3 is 2.71 bits per heavy atom. The van der Waals surface area contributed by atoms with Gasteiger partial charge in [0.15, 0.2) is 0 Å². The average molecular weight is 491 g/mol. The molecule has 0 fully saturated rings. The molecule has 1 aromatic heterocycles. The highest BCUT2D eigenvalue weighted by Gasteiger charge is 2.25. The minimum Gasteiger partial charge on any atom is -0.480 e. The lowest BCUT2D eigenvalue weighted by molar-refractivity contribution is -0.142. The Hall–Kier alpha value is -2.19. The summed E-state index contributed by atoms with van der Waals surface area (Å²) in [7, 11) is 0. The van der Waals surface area contributed by atoms with Crippen LogP contribution in [0.25, 0.3) is 0 Å². The van der Waals surface area contributed by atoms with Gasteiger partial charge >= 0.3 is 5.97 Å². The number of fused-ring (bicyclic) bond motifs is 1. The largest absolute Gasteiger partial charge is 0.480 e. The van der Waals surface area contributed by atoms with Crippen LogP contribution in [0.3, 0.4) is 0 Å². The number of carbonyl (C=O) groups excluding carboxylic acids is 1. The van der Waals surface area contributed by atoms with Gasteiger partial charge in [-0.2, -0.15) is 0 Å². The van der Waals surface area contributed by atoms with E-state index in [0.29, 0.717) is 32.6 Å². The maximum Gasteiger partial charge on any atom is 0.326 e. The van der Waals surface area contributed by atoms with E-state index < -0.39 is 12.0 Å². The lowest BCUT2D eigenvalue weighted by atomic mass is 9.92. The van der Waals surface area contributed by atoms with Crippen LogP contribution in [0.4, 0.5) is 5.82 Å². The van der Waals surface area contributed by atoms with Crippen molar-refractivity contribution in [2.24, 2.45) is 5.41 Å². The summed E-state index contributed by atoms with van der Waals surface area (Å²) in [6.07, 6.45) is 5.82. The Kier molecular flexibility index (Phi) is 11.9. The maximum atomic E-state index is 12.3. The molecule has 1 aliphatic rings. The number of nitrogens with one attached hydrogen (secondary N) is 2. The summed E-state index contributed by atoms with van der Waals surface area (Å²) in [5, 5.41) is 15.8. The normalized spacial score (nSPS) is 15.3. The summed E-state index contributed by atoms with van der Waals surface area (Å²) in [5.41, 5.74) is 2.23. The third-order valence-electron chi connectivity index (χ3n) is 6.30. The number of rotatable bonds is 15. The summed E-state index contributed by atoms with van der Waals surface area (Å²) < 4.78 is 5.63. The third-order valence-corrected chi connectivity index (χ3v) is 6.30. The van der Waals surface area contributed by atoms with E-state index in [0.717, 1.165) is 56.7 Å². The van der Waals surface area contributed by atoms with Crippen molar-refractivity contribution in [2.75, 3.05) is 38.2 Å². The molecule has 1 aliphatic heterocycles. The predicted molar refractivity (Wildman–Crippen MR) is 140 cm³/mol. The first-order chi connectivity index (χ1) is 16.6. The first-order valence-electron chi connectivity index (χ1n) is 13.2. The SMILES string of the molecule is CCOCC(C)N(CCCCc1ccc2c(n1)NCCC2)CCC(NC(=O)CC(C)(C)C)C(=O)O. The third kappa shape index (κ3) is 10.9. The molecule has 8 heteroatoms. The summed E-state index contributed by atoms with van der Waals surface area (Å²) in [4.78, 5) is 31.2. The van der Waals surface area contributed by atoms with Gasteiger partial charge in [0, 0.05) is 37.9 Å². The van der Waals surface area contributed by atoms with E-state index in [1.165, 1.54) is 5.56 Å². The van der Waals surface area contributed by atoms with Gasteiger partial charge in [-0.3, -0.25) is 9.69 Å². The second-order valence-electron chi connectivity index (χ2n) is 10.8. The summed E-state index contributed by atoms with van der Waals surface area (Å²) in [6.45, 7) is 13.7. The fraction of sp³-hybridized carbons (Fsp3) is 0.741. The summed E-state index contributed by atoms with van der Waals surface area (Å²) >= 11 is 0. The number of aromatic nitrogens is 1. The van der Waals surface area contributed by atoms with E-state index in [4.69, 9.17) is 9.72 Å². The molecule has 1 aromatic rings. The van der Waals surface area contributed by atoms with Crippen LogP contribution >= 0.6 is 0 Å². The van der Waals surface area contributed by atoms with E-state index in [9.17, 15) is 14.7 Å². The number of nitrogens with zero attached hydrogens (tertiary/aromatic N) is 2. The van der Waals surface area contributed by atoms with Crippen LogP contribution in [0, 0.1) is 5.41 Å². The highest BCUT2D eigenvalue weighted by atomic mass is 16.5. The van der Waals surface area contributed by atoms with E-state index >= 15 is 0 Å². The molecule has 0 spiro atoms. The number of hydrogen-bond acceptors (Lipinski definition) is 6. The van der Waals surface area contributed by atoms with Crippen LogP contribution in [0.15, 0.2) is 12.1 Å². The topological polar surface area (TPSA) is 104 Å². The lowest BCUT2D eigenvalue weighted by Gasteiger charge is -2.30. The molecule has 2 rings (SSSR count). The Morgan fingerprint density at radius 2 is 2.03 bits per heavy atom. The number of ether oxygens (including phenoxy) is 1. The number of aryl methyl sites for hydroxylation is 2. The number of hydrogen-bond donors (Lipinski definition) is 3. The van der Waals surface area contributed by atoms with Crippen molar-refractivity contribution in [3.8, 4) is 0 Å². The van der Waals surface area contributed by atoms with Gasteiger partial charge in [-0.15, -0.1) is 0 Å². The van der Waals surface area contributed by atoms with Crippen LogP contribution < -0.4 is 10.6 Å². The monoisotopic (exact) mass is 490 g/mol. The van der Waals surface area contributed by atoms with Gasteiger partial charge in [0.25, 0.3) is 0 Å². The molecule has 2 atom stereocenters. The molecule has 0 bridgehead atoms. The molecular formula is C27H46N4O4. The second-order valence-corrected chi connectivity index (χ2v) is 10.8. The molecule has 8 nitrogen and oxygen atoms in total. The first-order valence-corrected chi connectivity index (χ1v) is 13.2. The van der Waals surface area contributed by atoms with Crippen molar-refractivity contribution < 1.29 is 19.4 Å². The van der Waals surface area contributed by atoms with Crippen molar-refractivity contribution in [1.29, 1.82) is 0 Å². The van der Waals surface area contributed by atoms with Crippen LogP contribution in [0.1, 0.15) is 78.0 Å². The van der Waals surface area contributed by atoms with E-state index in [2.05, 4.69) is 34.6 Å². The number of carbonyl (C=O) groups is 2. The van der Waals surface area contributed by atoms with Gasteiger partial charge in [-0.05, 0) is 76.0 Å². The zero-order valence-electron chi connectivity index (χ0n) is 22.4. The molecular weight excluding hydrogens is 444 g/mol. The Morgan fingerprint density at radius 1 is 1.26 bits per heavy atom. The van der Waals surface area contributed by atoms with Crippen LogP contribution in [0.5, 0.6) is 0 Å². The minimum atomic E-state index is -0.989. The Bertz CT molecular complexity index is 809. The summed E-state index contributed by atoms with van der Waals surface area (Å²) in [5.74, 6) is -0.170. The highest BCUT2D eigenvalue weighted by Crippen LogP contribution is 2.21. The smallest absolute Gasteiger partial charge is 0.326 e. The molecule has 1 amide bonds. The maximum absolute atomic E-state index is 12.3. The minimum absolute atomic E-state index is 0.167. The fourth-order valence-corrected chi connectivity index (χ4v) is 4.35. The van der Waals surface area contributed by atoms with Crippen LogP contribution in [-0.4, -0.2) is 71.8 Å². The van der Waals surface area contributed by atoms with Crippen molar-refractivity contribution >= 4 is 17.7 Å². The average Bonchev–Trinajstić information content (AvgIpc) is 2.79. The number of pyridine rings is 1. The standard InChI is InChI=1S/C27H46N4O4/c1-6-35-19-20(2)31(17-14-23(26(33)34)30-24(32)18-27(3,4)5)16-8-7-11-22-13-12-21-10-9-15-28-25(21)29-22/h12-13,20,23H,6-11,14-19H2,1-5H3,(H,28,29)(H,30,32)(H,33,34). The van der Waals surface area contributed by atoms with Gasteiger partial charge in [-0.25, -0.2) is 9.78 Å². The zero-order chi connectivity index (χ0) is 25.8. The quantitative estimate of drug-likeness (QED) is 0.321. The number of carboxylic acids is 1. The Balaban J connectivity index is 1.88. The van der Waals surface area contributed by atoms with Crippen LogP contribution in [0.2, 0.25) is 0 Å². The molecule has 2 heterocycles. The van der Waals surface area contributed by atoms with Crippen molar-refractivity contribution in [2.45, 2.75) is 91.6 Å². The molecule has 0 aromatic carbocycles. The van der Waals surface area contributed by atoms with Gasteiger partial charge in [0.1, 0.15) is 11.9 Å². The number of amides is 1. The fourth-order valence-electron chi connectivity index (χ4n) is 4.35. The highest BCUT2D eigenvalue weighted by molar-refractivity contribution is 5.83. The molecule has 198 valence electrons. The molecule has 2 unspecified atom stereocenters. The zero-order valence-corrected chi connectivity index (χ0v) is 22.4. The second kappa shape index (κ2) is 14.4. The molecule has 0 saturated carbocycles. The van der Waals surface area contributed by atoms with E-state index in [1.54, 1.807) is 0 Å².